The number of carboxylic acids is 1. The van der Waals surface area contributed by atoms with Crippen LogP contribution in [-0.2, 0) is 0 Å². The third-order valence-corrected chi connectivity index (χ3v) is 1.25. The molecule has 0 heterocycles. The number of carbonyl (C=O) groups is 1. The van der Waals surface area contributed by atoms with Crippen LogP contribution in [0.25, 0.3) is 0 Å². The summed E-state index contributed by atoms with van der Waals surface area (Å²) in [4.78, 5) is 10.4. The van der Waals surface area contributed by atoms with Gasteiger partial charge in [-0.05, 0) is 18.2 Å². The molecule has 0 aromatic heterocycles. The van der Waals surface area contributed by atoms with Gasteiger partial charge in [-0.2, -0.15) is 0 Å². The fourth-order valence-corrected chi connectivity index (χ4v) is 0.725. The molecule has 0 aliphatic heterocycles. The maximum atomic E-state index is 10.4. The third-order valence-electron chi connectivity index (χ3n) is 1.25. The molecule has 0 fully saturated rings. The fourth-order valence-electron chi connectivity index (χ4n) is 0.725. The van der Waals surface area contributed by atoms with Gasteiger partial charge in [-0.15, -0.1) is 0 Å². The van der Waals surface area contributed by atoms with Crippen molar-refractivity contribution in [1.82, 2.24) is 0 Å². The molecule has 60 valence electrons. The van der Waals surface area contributed by atoms with Crippen molar-refractivity contribution in [2.45, 2.75) is 0 Å². The molecule has 4 nitrogen and oxygen atoms in total. The Morgan fingerprint density at radius 3 is 2.42 bits per heavy atom. The molecule has 0 aliphatic carbocycles. The van der Waals surface area contributed by atoms with E-state index in [1.807, 2.05) is 0 Å². The van der Waals surface area contributed by atoms with Gasteiger partial charge >= 0.3 is 57.4 Å². The van der Waals surface area contributed by atoms with E-state index in [2.05, 4.69) is 0 Å². The molecular formula is C7H8KNO3. The zero-order valence-electron chi connectivity index (χ0n) is 5.61. The first kappa shape index (κ1) is 11.9. The second-order valence-electron chi connectivity index (χ2n) is 2.08. The van der Waals surface area contributed by atoms with Crippen LogP contribution >= 0.6 is 0 Å². The summed E-state index contributed by atoms with van der Waals surface area (Å²) in [5.74, 6) is -1.46. The average molecular weight is 193 g/mol. The Bertz CT molecular complexity index is 301. The van der Waals surface area contributed by atoms with E-state index < -0.39 is 5.97 Å². The molecule has 1 rings (SSSR count). The molecule has 0 saturated carbocycles. The molecule has 5 heteroatoms. The molecule has 1 aromatic carbocycles. The number of nitrogen functional groups attached to an aromatic ring is 1. The first-order valence-corrected chi connectivity index (χ1v) is 2.93. The summed E-state index contributed by atoms with van der Waals surface area (Å²) in [5, 5.41) is 17.4. The van der Waals surface area contributed by atoms with E-state index >= 15 is 0 Å². The van der Waals surface area contributed by atoms with Crippen molar-refractivity contribution >= 4 is 63.0 Å². The summed E-state index contributed by atoms with van der Waals surface area (Å²) in [6, 6.07) is 3.89. The zero-order valence-corrected chi connectivity index (χ0v) is 5.61. The molecule has 0 atom stereocenters. The van der Waals surface area contributed by atoms with Gasteiger partial charge in [0.05, 0.1) is 0 Å². The normalized spacial score (nSPS) is 8.67. The van der Waals surface area contributed by atoms with Gasteiger partial charge in [-0.1, -0.05) is 0 Å². The summed E-state index contributed by atoms with van der Waals surface area (Å²) in [5.41, 5.74) is 5.43. The van der Waals surface area contributed by atoms with Crippen LogP contribution in [0.3, 0.4) is 0 Å². The van der Waals surface area contributed by atoms with E-state index in [1.165, 1.54) is 18.2 Å². The molecule has 0 spiro atoms. The molecule has 0 unspecified atom stereocenters. The molecule has 0 aliphatic rings. The topological polar surface area (TPSA) is 83.5 Å². The molecule has 0 bridgehead atoms. The fraction of sp³-hybridized carbons (Fsp3) is 0. The van der Waals surface area contributed by atoms with Gasteiger partial charge in [0.1, 0.15) is 11.3 Å². The Balaban J connectivity index is 0.00000121. The Morgan fingerprint density at radius 1 is 1.42 bits per heavy atom. The Kier molecular flexibility index (Phi) is 4.80. The number of rotatable bonds is 1. The standard InChI is InChI=1S/C7H7NO3.K.H/c8-4-1-2-6(9)5(3-4)7(10)11;;/h1-3,9H,8H2,(H,10,11);;. The quantitative estimate of drug-likeness (QED) is 0.333. The first-order chi connectivity index (χ1) is 5.11. The number of phenols is 1. The van der Waals surface area contributed by atoms with Crippen molar-refractivity contribution < 1.29 is 15.0 Å². The number of hydrogen-bond acceptors (Lipinski definition) is 3. The van der Waals surface area contributed by atoms with E-state index in [4.69, 9.17) is 15.9 Å². The second-order valence-corrected chi connectivity index (χ2v) is 2.08. The predicted molar refractivity (Wildman–Crippen MR) is 46.6 cm³/mol. The molecule has 0 radical (unpaired) electrons. The number of carboxylic acid groups (broad SMARTS) is 1. The van der Waals surface area contributed by atoms with Crippen molar-refractivity contribution in [1.29, 1.82) is 0 Å². The second kappa shape index (κ2) is 4.83. The van der Waals surface area contributed by atoms with Crippen LogP contribution in [0.4, 0.5) is 5.69 Å². The molecule has 0 saturated heterocycles. The molecule has 12 heavy (non-hydrogen) atoms. The van der Waals surface area contributed by atoms with E-state index in [9.17, 15) is 4.79 Å². The van der Waals surface area contributed by atoms with Crippen LogP contribution in [0.1, 0.15) is 10.4 Å². The molecule has 4 N–H and O–H groups in total. The monoisotopic (exact) mass is 193 g/mol. The average Bonchev–Trinajstić information content (AvgIpc) is 1.94. The van der Waals surface area contributed by atoms with Crippen LogP contribution in [0, 0.1) is 0 Å². The molecular weight excluding hydrogens is 185 g/mol. The van der Waals surface area contributed by atoms with Crippen LogP contribution < -0.4 is 5.73 Å². The van der Waals surface area contributed by atoms with E-state index in [0.717, 1.165) is 0 Å². The Morgan fingerprint density at radius 2 is 2.00 bits per heavy atom. The minimum atomic E-state index is -1.19. The van der Waals surface area contributed by atoms with Gasteiger partial charge in [0.2, 0.25) is 0 Å². The van der Waals surface area contributed by atoms with Crippen LogP contribution in [0.2, 0.25) is 0 Å². The summed E-state index contributed by atoms with van der Waals surface area (Å²) in [6.45, 7) is 0. The van der Waals surface area contributed by atoms with Crippen LogP contribution in [0.5, 0.6) is 5.75 Å². The maximum absolute atomic E-state index is 10.4. The van der Waals surface area contributed by atoms with Crippen LogP contribution in [-0.4, -0.2) is 67.6 Å². The number of benzene rings is 1. The third kappa shape index (κ3) is 2.76. The van der Waals surface area contributed by atoms with Gasteiger partial charge in [0.25, 0.3) is 0 Å². The SMILES string of the molecule is Nc1ccc(O)c(C(=O)O)c1.[KH]. The van der Waals surface area contributed by atoms with Crippen molar-refractivity contribution in [2.24, 2.45) is 0 Å². The van der Waals surface area contributed by atoms with Crippen molar-refractivity contribution in [3.05, 3.63) is 23.8 Å². The van der Waals surface area contributed by atoms with Gasteiger partial charge < -0.3 is 15.9 Å². The summed E-state index contributed by atoms with van der Waals surface area (Å²) in [7, 11) is 0. The number of aromatic carboxylic acids is 1. The van der Waals surface area contributed by atoms with Gasteiger partial charge in [-0.3, -0.25) is 0 Å². The Labute approximate surface area is 112 Å². The van der Waals surface area contributed by atoms with Gasteiger partial charge in [0, 0.05) is 5.69 Å². The molecule has 0 amide bonds. The van der Waals surface area contributed by atoms with Gasteiger partial charge in [-0.25, -0.2) is 4.79 Å². The summed E-state index contributed by atoms with van der Waals surface area (Å²) < 4.78 is 0. The summed E-state index contributed by atoms with van der Waals surface area (Å²) >= 11 is 0. The zero-order chi connectivity index (χ0) is 8.43. The van der Waals surface area contributed by atoms with E-state index in [0.29, 0.717) is 5.69 Å². The predicted octanol–water partition coefficient (Wildman–Crippen LogP) is 0.0241. The van der Waals surface area contributed by atoms with Crippen molar-refractivity contribution in [2.75, 3.05) is 5.73 Å². The van der Waals surface area contributed by atoms with Crippen LogP contribution in [0.15, 0.2) is 18.2 Å². The minimum absolute atomic E-state index is 0. The Hall–Kier alpha value is -0.0736. The van der Waals surface area contributed by atoms with Crippen molar-refractivity contribution in [3.8, 4) is 5.75 Å². The number of aromatic hydroxyl groups is 1. The summed E-state index contributed by atoms with van der Waals surface area (Å²) in [6.07, 6.45) is 0. The molecule has 1 aromatic rings. The number of nitrogens with two attached hydrogens (primary N) is 1. The van der Waals surface area contributed by atoms with E-state index in [-0.39, 0.29) is 62.7 Å². The number of hydrogen-bond donors (Lipinski definition) is 3. The van der Waals surface area contributed by atoms with E-state index in [1.54, 1.807) is 0 Å². The van der Waals surface area contributed by atoms with Crippen molar-refractivity contribution in [3.63, 3.8) is 0 Å². The number of anilines is 1. The van der Waals surface area contributed by atoms with Gasteiger partial charge in [0.15, 0.2) is 0 Å². The first-order valence-electron chi connectivity index (χ1n) is 2.93.